The van der Waals surface area contributed by atoms with Crippen molar-refractivity contribution in [1.29, 1.82) is 0 Å². The molecule has 1 aromatic heterocycles. The molecule has 3 heterocycles. The Hall–Kier alpha value is -3.95. The van der Waals surface area contributed by atoms with Gasteiger partial charge in [-0.25, -0.2) is 9.79 Å². The predicted octanol–water partition coefficient (Wildman–Crippen LogP) is 2.72. The highest BCUT2D eigenvalue weighted by Crippen LogP contribution is 2.39. The summed E-state index contributed by atoms with van der Waals surface area (Å²) in [6, 6.07) is 12.6. The Morgan fingerprint density at radius 1 is 1.06 bits per heavy atom. The van der Waals surface area contributed by atoms with Crippen LogP contribution in [0.4, 0.5) is 10.5 Å². The molecule has 10 nitrogen and oxygen atoms in total. The van der Waals surface area contributed by atoms with Gasteiger partial charge >= 0.3 is 6.03 Å². The third kappa shape index (κ3) is 2.90. The first-order chi connectivity index (χ1) is 15.2. The molecule has 0 spiro atoms. The maximum atomic E-state index is 13.4. The van der Waals surface area contributed by atoms with E-state index in [9.17, 15) is 4.79 Å². The van der Waals surface area contributed by atoms with Crippen LogP contribution in [0.3, 0.4) is 0 Å². The van der Waals surface area contributed by atoms with E-state index in [1.54, 1.807) is 28.7 Å². The van der Waals surface area contributed by atoms with Crippen molar-refractivity contribution >= 4 is 17.6 Å². The molecule has 0 aliphatic carbocycles. The van der Waals surface area contributed by atoms with Crippen LogP contribution >= 0.6 is 0 Å². The minimum absolute atomic E-state index is 0.144. The van der Waals surface area contributed by atoms with Gasteiger partial charge in [0.25, 0.3) is 0 Å². The molecule has 2 aliphatic heterocycles. The second kappa shape index (κ2) is 7.38. The molecule has 1 saturated heterocycles. The summed E-state index contributed by atoms with van der Waals surface area (Å²) in [4.78, 5) is 21.6. The number of benzene rings is 2. The summed E-state index contributed by atoms with van der Waals surface area (Å²) in [7, 11) is 3.18. The first-order valence-electron chi connectivity index (χ1n) is 9.91. The minimum atomic E-state index is -0.511. The van der Waals surface area contributed by atoms with Crippen LogP contribution in [0, 0.1) is 0 Å². The molecule has 2 aromatic carbocycles. The van der Waals surface area contributed by atoms with Crippen LogP contribution in [0.25, 0.3) is 5.69 Å². The van der Waals surface area contributed by atoms with Gasteiger partial charge in [0, 0.05) is 13.1 Å². The number of amidine groups is 1. The van der Waals surface area contributed by atoms with Crippen LogP contribution < -0.4 is 9.47 Å². The van der Waals surface area contributed by atoms with Crippen LogP contribution in [0.15, 0.2) is 47.5 Å². The Bertz CT molecular complexity index is 1190. The number of aliphatic imine (C=N–C) groups is 1. The van der Waals surface area contributed by atoms with Crippen molar-refractivity contribution in [2.24, 2.45) is 4.99 Å². The van der Waals surface area contributed by atoms with Gasteiger partial charge in [-0.15, -0.1) is 5.10 Å². The lowest BCUT2D eigenvalue weighted by Gasteiger charge is -2.22. The van der Waals surface area contributed by atoms with Gasteiger partial charge in [-0.2, -0.15) is 4.68 Å². The number of carbonyl (C=O) groups is 1. The summed E-state index contributed by atoms with van der Waals surface area (Å²) < 4.78 is 12.4. The van der Waals surface area contributed by atoms with E-state index in [4.69, 9.17) is 14.5 Å². The number of hydrogen-bond donors (Lipinski definition) is 0. The molecule has 3 aromatic rings. The molecule has 5 rings (SSSR count). The second-order valence-corrected chi connectivity index (χ2v) is 7.15. The Labute approximate surface area is 178 Å². The number of urea groups is 1. The van der Waals surface area contributed by atoms with Gasteiger partial charge in [-0.1, -0.05) is 18.2 Å². The standard InChI is InChI=1S/C21H21N7O3/c1-4-26-19-18(20-23-24-25-28(20)15-8-6-5-7-14(15)22-19)27(21(26)29)12-13-9-10-16(30-2)17(11-13)31-3/h5-11,18H,4,12H2,1-3H3. The van der Waals surface area contributed by atoms with E-state index in [2.05, 4.69) is 15.5 Å². The molecule has 1 fully saturated rings. The molecule has 0 radical (unpaired) electrons. The van der Waals surface area contributed by atoms with E-state index in [-0.39, 0.29) is 6.03 Å². The second-order valence-electron chi connectivity index (χ2n) is 7.15. The monoisotopic (exact) mass is 419 g/mol. The Kier molecular flexibility index (Phi) is 4.54. The molecule has 0 N–H and O–H groups in total. The molecule has 0 saturated carbocycles. The summed E-state index contributed by atoms with van der Waals surface area (Å²) in [6.45, 7) is 2.75. The lowest BCUT2D eigenvalue weighted by atomic mass is 10.1. The Morgan fingerprint density at radius 2 is 1.87 bits per heavy atom. The number of tetrazole rings is 1. The number of nitrogens with zero attached hydrogens (tertiary/aromatic N) is 7. The summed E-state index contributed by atoms with van der Waals surface area (Å²) in [6.07, 6.45) is 0. The molecular weight excluding hydrogens is 398 g/mol. The van der Waals surface area contributed by atoms with Crippen molar-refractivity contribution in [2.75, 3.05) is 20.8 Å². The van der Waals surface area contributed by atoms with Crippen LogP contribution in [0.2, 0.25) is 0 Å². The highest BCUT2D eigenvalue weighted by Gasteiger charge is 2.47. The molecular formula is C21H21N7O3. The van der Waals surface area contributed by atoms with Crippen molar-refractivity contribution in [3.8, 4) is 17.2 Å². The molecule has 2 amide bonds. The summed E-state index contributed by atoms with van der Waals surface area (Å²) >= 11 is 0. The Balaban J connectivity index is 1.62. The summed E-state index contributed by atoms with van der Waals surface area (Å²) in [5.74, 6) is 2.40. The number of ether oxygens (including phenoxy) is 2. The maximum Gasteiger partial charge on any atom is 0.326 e. The highest BCUT2D eigenvalue weighted by atomic mass is 16.5. The number of para-hydroxylation sites is 2. The number of methoxy groups -OCH3 is 2. The van der Waals surface area contributed by atoms with Crippen LogP contribution in [0.5, 0.6) is 11.5 Å². The molecule has 1 atom stereocenters. The number of fused-ring (bicyclic) bond motifs is 5. The topological polar surface area (TPSA) is 98.0 Å². The van der Waals surface area contributed by atoms with E-state index < -0.39 is 6.04 Å². The summed E-state index contributed by atoms with van der Waals surface area (Å²) in [5.41, 5.74) is 2.39. The van der Waals surface area contributed by atoms with Gasteiger partial charge in [-0.3, -0.25) is 4.90 Å². The molecule has 31 heavy (non-hydrogen) atoms. The third-order valence-electron chi connectivity index (χ3n) is 5.51. The van der Waals surface area contributed by atoms with Crippen molar-refractivity contribution in [2.45, 2.75) is 19.5 Å². The van der Waals surface area contributed by atoms with Crippen LogP contribution in [-0.4, -0.2) is 62.6 Å². The lowest BCUT2D eigenvalue weighted by Crippen LogP contribution is -2.33. The fraction of sp³-hybridized carbons (Fsp3) is 0.286. The maximum absolute atomic E-state index is 13.4. The summed E-state index contributed by atoms with van der Waals surface area (Å²) in [5, 5.41) is 12.3. The molecule has 0 bridgehead atoms. The molecule has 2 aliphatic rings. The SMILES string of the molecule is CCN1C(=O)N(Cc2ccc(OC)c(OC)c2)C2C1=Nc1ccccc1-n1nnnc12. The Morgan fingerprint density at radius 3 is 2.65 bits per heavy atom. The van der Waals surface area contributed by atoms with Gasteiger partial charge < -0.3 is 14.4 Å². The lowest BCUT2D eigenvalue weighted by molar-refractivity contribution is 0.184. The number of hydrogen-bond acceptors (Lipinski definition) is 7. The molecule has 10 heteroatoms. The third-order valence-corrected chi connectivity index (χ3v) is 5.51. The first-order valence-corrected chi connectivity index (χ1v) is 9.91. The van der Waals surface area contributed by atoms with Gasteiger partial charge in [-0.05, 0) is 47.2 Å². The number of aromatic nitrogens is 4. The fourth-order valence-corrected chi connectivity index (χ4v) is 4.06. The van der Waals surface area contributed by atoms with Gasteiger partial charge in [0.15, 0.2) is 23.4 Å². The quantitative estimate of drug-likeness (QED) is 0.631. The fourth-order valence-electron chi connectivity index (χ4n) is 4.06. The minimum Gasteiger partial charge on any atom is -0.493 e. The normalized spacial score (nSPS) is 16.9. The van der Waals surface area contributed by atoms with E-state index in [0.29, 0.717) is 41.9 Å². The highest BCUT2D eigenvalue weighted by molar-refractivity contribution is 6.08. The van der Waals surface area contributed by atoms with E-state index in [1.165, 1.54) is 0 Å². The van der Waals surface area contributed by atoms with Crippen molar-refractivity contribution in [3.63, 3.8) is 0 Å². The van der Waals surface area contributed by atoms with Crippen molar-refractivity contribution < 1.29 is 14.3 Å². The number of carbonyl (C=O) groups excluding carboxylic acids is 1. The zero-order valence-electron chi connectivity index (χ0n) is 17.4. The molecule has 1 unspecified atom stereocenters. The van der Waals surface area contributed by atoms with Crippen LogP contribution in [-0.2, 0) is 6.54 Å². The predicted molar refractivity (Wildman–Crippen MR) is 112 cm³/mol. The van der Waals surface area contributed by atoms with Crippen molar-refractivity contribution in [3.05, 3.63) is 53.9 Å². The van der Waals surface area contributed by atoms with Gasteiger partial charge in [0.1, 0.15) is 5.84 Å². The van der Waals surface area contributed by atoms with Crippen molar-refractivity contribution in [1.82, 2.24) is 30.0 Å². The van der Waals surface area contributed by atoms with Crippen LogP contribution in [0.1, 0.15) is 24.4 Å². The largest absolute Gasteiger partial charge is 0.493 e. The zero-order chi connectivity index (χ0) is 21.5. The average molecular weight is 419 g/mol. The number of rotatable bonds is 5. The molecule has 158 valence electrons. The zero-order valence-corrected chi connectivity index (χ0v) is 17.4. The van der Waals surface area contributed by atoms with Gasteiger partial charge in [0.2, 0.25) is 0 Å². The number of amides is 2. The van der Waals surface area contributed by atoms with E-state index in [1.807, 2.05) is 49.4 Å². The smallest absolute Gasteiger partial charge is 0.326 e. The van der Waals surface area contributed by atoms with Gasteiger partial charge in [0.05, 0.1) is 25.6 Å². The average Bonchev–Trinajstić information content (AvgIpc) is 3.33. The van der Waals surface area contributed by atoms with E-state index in [0.717, 1.165) is 11.3 Å². The number of likely N-dealkylation sites (N-methyl/N-ethyl adjacent to an activating group) is 1. The first kappa shape index (κ1) is 19.0. The van der Waals surface area contributed by atoms with E-state index >= 15 is 0 Å².